The molecule has 0 saturated carbocycles. The van der Waals surface area contributed by atoms with Gasteiger partial charge in [-0.3, -0.25) is 4.79 Å². The number of ether oxygens (including phenoxy) is 1. The Morgan fingerprint density at radius 2 is 2.13 bits per heavy atom. The number of hydrogen-bond acceptors (Lipinski definition) is 2. The molecule has 0 fully saturated rings. The standard InChI is InChI=1S/C13H16O2/c1-8(2)6-10-4-5-11-9(3)13(14)15-12(11)7-10/h4-5,7-9H,6H2,1-3H3. The first-order valence-corrected chi connectivity index (χ1v) is 5.42. The van der Waals surface area contributed by atoms with Gasteiger partial charge in [-0.1, -0.05) is 26.0 Å². The van der Waals surface area contributed by atoms with E-state index in [1.54, 1.807) is 0 Å². The second-order valence-electron chi connectivity index (χ2n) is 4.61. The molecular weight excluding hydrogens is 188 g/mol. The second kappa shape index (κ2) is 3.69. The molecule has 2 rings (SSSR count). The SMILES string of the molecule is CC(C)Cc1ccc2c(c1)OC(=O)C2C. The lowest BCUT2D eigenvalue weighted by molar-refractivity contribution is -0.133. The van der Waals surface area contributed by atoms with Gasteiger partial charge in [0, 0.05) is 5.56 Å². The Hall–Kier alpha value is -1.31. The van der Waals surface area contributed by atoms with Gasteiger partial charge in [-0.05, 0) is 30.9 Å². The zero-order valence-electron chi connectivity index (χ0n) is 9.41. The highest BCUT2D eigenvalue weighted by Crippen LogP contribution is 2.35. The largest absolute Gasteiger partial charge is 0.426 e. The molecule has 1 aliphatic heterocycles. The van der Waals surface area contributed by atoms with Crippen molar-refractivity contribution in [2.45, 2.75) is 33.1 Å². The molecule has 0 spiro atoms. The van der Waals surface area contributed by atoms with Crippen LogP contribution >= 0.6 is 0 Å². The van der Waals surface area contributed by atoms with Gasteiger partial charge in [-0.2, -0.15) is 0 Å². The van der Waals surface area contributed by atoms with Crippen LogP contribution in [0.25, 0.3) is 0 Å². The topological polar surface area (TPSA) is 26.3 Å². The van der Waals surface area contributed by atoms with E-state index in [1.165, 1.54) is 5.56 Å². The Bertz CT molecular complexity index is 394. The first-order valence-electron chi connectivity index (χ1n) is 5.42. The van der Waals surface area contributed by atoms with Crippen LogP contribution in [0, 0.1) is 5.92 Å². The van der Waals surface area contributed by atoms with Crippen LogP contribution in [0.4, 0.5) is 0 Å². The number of rotatable bonds is 2. The fraction of sp³-hybridized carbons (Fsp3) is 0.462. The summed E-state index contributed by atoms with van der Waals surface area (Å²) in [5.74, 6) is 1.14. The molecule has 2 nitrogen and oxygen atoms in total. The smallest absolute Gasteiger partial charge is 0.318 e. The molecule has 0 bridgehead atoms. The molecule has 0 saturated heterocycles. The Balaban J connectivity index is 2.29. The summed E-state index contributed by atoms with van der Waals surface area (Å²) in [6.45, 7) is 6.25. The third-order valence-corrected chi connectivity index (χ3v) is 2.75. The highest BCUT2D eigenvalue weighted by Gasteiger charge is 2.28. The summed E-state index contributed by atoms with van der Waals surface area (Å²) in [6.07, 6.45) is 1.03. The van der Waals surface area contributed by atoms with Gasteiger partial charge in [0.05, 0.1) is 5.92 Å². The number of carbonyl (C=O) groups excluding carboxylic acids is 1. The van der Waals surface area contributed by atoms with E-state index in [4.69, 9.17) is 4.74 Å². The minimum Gasteiger partial charge on any atom is -0.426 e. The minimum atomic E-state index is -0.133. The molecule has 2 heteroatoms. The average molecular weight is 204 g/mol. The summed E-state index contributed by atoms with van der Waals surface area (Å²) in [7, 11) is 0. The van der Waals surface area contributed by atoms with Crippen LogP contribution in [-0.4, -0.2) is 5.97 Å². The quantitative estimate of drug-likeness (QED) is 0.547. The van der Waals surface area contributed by atoms with Crippen molar-refractivity contribution in [3.8, 4) is 5.75 Å². The van der Waals surface area contributed by atoms with Gasteiger partial charge in [0.25, 0.3) is 0 Å². The van der Waals surface area contributed by atoms with E-state index in [0.29, 0.717) is 5.92 Å². The number of carbonyl (C=O) groups is 1. The van der Waals surface area contributed by atoms with E-state index in [0.717, 1.165) is 17.7 Å². The van der Waals surface area contributed by atoms with Gasteiger partial charge in [-0.25, -0.2) is 0 Å². The molecule has 0 aliphatic carbocycles. The maximum absolute atomic E-state index is 11.3. The third kappa shape index (κ3) is 1.89. The van der Waals surface area contributed by atoms with Crippen molar-refractivity contribution >= 4 is 5.97 Å². The van der Waals surface area contributed by atoms with Crippen molar-refractivity contribution in [2.75, 3.05) is 0 Å². The van der Waals surface area contributed by atoms with Gasteiger partial charge >= 0.3 is 5.97 Å². The molecule has 1 heterocycles. The summed E-state index contributed by atoms with van der Waals surface area (Å²) >= 11 is 0. The molecule has 0 N–H and O–H groups in total. The van der Waals surface area contributed by atoms with E-state index >= 15 is 0 Å². The number of fused-ring (bicyclic) bond motifs is 1. The van der Waals surface area contributed by atoms with Crippen LogP contribution < -0.4 is 4.74 Å². The fourth-order valence-electron chi connectivity index (χ4n) is 1.95. The van der Waals surface area contributed by atoms with Crippen molar-refractivity contribution in [1.82, 2.24) is 0 Å². The monoisotopic (exact) mass is 204 g/mol. The minimum absolute atomic E-state index is 0.104. The predicted octanol–water partition coefficient (Wildman–Crippen LogP) is 2.91. The van der Waals surface area contributed by atoms with Gasteiger partial charge < -0.3 is 4.74 Å². The Morgan fingerprint density at radius 1 is 1.40 bits per heavy atom. The zero-order chi connectivity index (χ0) is 11.0. The Labute approximate surface area is 90.3 Å². The molecule has 1 aliphatic rings. The van der Waals surface area contributed by atoms with E-state index in [2.05, 4.69) is 19.9 Å². The van der Waals surface area contributed by atoms with Crippen LogP contribution in [0.2, 0.25) is 0 Å². The summed E-state index contributed by atoms with van der Waals surface area (Å²) in [4.78, 5) is 11.3. The van der Waals surface area contributed by atoms with Crippen molar-refractivity contribution < 1.29 is 9.53 Å². The predicted molar refractivity (Wildman–Crippen MR) is 59.0 cm³/mol. The summed E-state index contributed by atoms with van der Waals surface area (Å²) in [5.41, 5.74) is 2.26. The van der Waals surface area contributed by atoms with Crippen molar-refractivity contribution in [3.63, 3.8) is 0 Å². The van der Waals surface area contributed by atoms with Crippen molar-refractivity contribution in [3.05, 3.63) is 29.3 Å². The summed E-state index contributed by atoms with van der Waals surface area (Å²) in [5, 5.41) is 0. The molecule has 1 unspecified atom stereocenters. The highest BCUT2D eigenvalue weighted by molar-refractivity contribution is 5.85. The molecule has 15 heavy (non-hydrogen) atoms. The molecule has 80 valence electrons. The van der Waals surface area contributed by atoms with Crippen LogP contribution in [-0.2, 0) is 11.2 Å². The maximum atomic E-state index is 11.3. The van der Waals surface area contributed by atoms with Gasteiger partial charge in [0.15, 0.2) is 0 Å². The molecule has 1 aromatic carbocycles. The highest BCUT2D eigenvalue weighted by atomic mass is 16.5. The number of esters is 1. The van der Waals surface area contributed by atoms with Crippen molar-refractivity contribution in [2.24, 2.45) is 5.92 Å². The van der Waals surface area contributed by atoms with E-state index in [1.807, 2.05) is 19.1 Å². The molecular formula is C13H16O2. The van der Waals surface area contributed by atoms with Crippen LogP contribution in [0.3, 0.4) is 0 Å². The average Bonchev–Trinajstić information content (AvgIpc) is 2.41. The lowest BCUT2D eigenvalue weighted by atomic mass is 9.97. The Morgan fingerprint density at radius 3 is 2.80 bits per heavy atom. The van der Waals surface area contributed by atoms with E-state index < -0.39 is 0 Å². The van der Waals surface area contributed by atoms with E-state index in [-0.39, 0.29) is 11.9 Å². The first-order chi connectivity index (χ1) is 7.08. The van der Waals surface area contributed by atoms with Gasteiger partial charge in [0.1, 0.15) is 5.75 Å². The van der Waals surface area contributed by atoms with Crippen LogP contribution in [0.5, 0.6) is 5.75 Å². The second-order valence-corrected chi connectivity index (χ2v) is 4.61. The normalized spacial score (nSPS) is 19.2. The zero-order valence-corrected chi connectivity index (χ0v) is 9.41. The van der Waals surface area contributed by atoms with Crippen molar-refractivity contribution in [1.29, 1.82) is 0 Å². The lowest BCUT2D eigenvalue weighted by Gasteiger charge is -2.06. The number of benzene rings is 1. The summed E-state index contributed by atoms with van der Waals surface area (Å²) < 4.78 is 5.20. The summed E-state index contributed by atoms with van der Waals surface area (Å²) in [6, 6.07) is 6.11. The number of hydrogen-bond donors (Lipinski definition) is 0. The molecule has 1 atom stereocenters. The Kier molecular flexibility index (Phi) is 2.51. The first kappa shape index (κ1) is 10.2. The third-order valence-electron chi connectivity index (χ3n) is 2.75. The molecule has 0 aromatic heterocycles. The van der Waals surface area contributed by atoms with E-state index in [9.17, 15) is 4.79 Å². The lowest BCUT2D eigenvalue weighted by Crippen LogP contribution is -2.05. The van der Waals surface area contributed by atoms with Crippen LogP contribution in [0.1, 0.15) is 37.8 Å². The maximum Gasteiger partial charge on any atom is 0.318 e. The molecule has 0 radical (unpaired) electrons. The molecule has 0 amide bonds. The van der Waals surface area contributed by atoms with Crippen LogP contribution in [0.15, 0.2) is 18.2 Å². The fourth-order valence-corrected chi connectivity index (χ4v) is 1.95. The molecule has 1 aromatic rings. The van der Waals surface area contributed by atoms with Gasteiger partial charge in [-0.15, -0.1) is 0 Å². The van der Waals surface area contributed by atoms with Gasteiger partial charge in [0.2, 0.25) is 0 Å².